The van der Waals surface area contributed by atoms with Crippen LogP contribution in [0.4, 0.5) is 0 Å². The Bertz CT molecular complexity index is 821. The van der Waals surface area contributed by atoms with E-state index in [1.807, 2.05) is 52.8 Å². The highest BCUT2D eigenvalue weighted by Gasteiger charge is 2.22. The van der Waals surface area contributed by atoms with Crippen molar-refractivity contribution in [2.75, 3.05) is 20.2 Å². The van der Waals surface area contributed by atoms with Crippen LogP contribution >= 0.6 is 0 Å². The van der Waals surface area contributed by atoms with Crippen LogP contribution in [0.25, 0.3) is 5.69 Å². The Morgan fingerprint density at radius 1 is 1.26 bits per heavy atom. The zero-order valence-corrected chi connectivity index (χ0v) is 16.9. The summed E-state index contributed by atoms with van der Waals surface area (Å²) in [7, 11) is 1.59. The molecule has 2 rings (SSSR count). The number of ether oxygens (including phenoxy) is 1. The van der Waals surface area contributed by atoms with Gasteiger partial charge in [-0.25, -0.2) is 4.68 Å². The Kier molecular flexibility index (Phi) is 6.25. The first-order valence-corrected chi connectivity index (χ1v) is 8.95. The van der Waals surface area contributed by atoms with E-state index in [4.69, 9.17) is 4.74 Å². The number of benzene rings is 1. The van der Waals surface area contributed by atoms with Crippen LogP contribution in [0.1, 0.15) is 43.7 Å². The number of nitrogens with one attached hydrogen (secondary N) is 1. The number of carbonyl (C=O) groups excluding carboxylic acids is 2. The molecule has 1 N–H and O–H groups in total. The lowest BCUT2D eigenvalue weighted by Crippen LogP contribution is -2.47. The lowest BCUT2D eigenvalue weighted by Gasteiger charge is -2.24. The van der Waals surface area contributed by atoms with Gasteiger partial charge in [-0.1, -0.05) is 6.07 Å². The molecule has 0 atom stereocenters. The first kappa shape index (κ1) is 20.5. The zero-order valence-electron chi connectivity index (χ0n) is 16.9. The van der Waals surface area contributed by atoms with Gasteiger partial charge in [-0.15, -0.1) is 0 Å². The third-order valence-corrected chi connectivity index (χ3v) is 3.91. The van der Waals surface area contributed by atoms with Crippen LogP contribution in [0, 0.1) is 6.92 Å². The van der Waals surface area contributed by atoms with E-state index in [1.165, 1.54) is 4.90 Å². The van der Waals surface area contributed by atoms with Gasteiger partial charge in [0, 0.05) is 18.3 Å². The molecule has 27 heavy (non-hydrogen) atoms. The summed E-state index contributed by atoms with van der Waals surface area (Å²) in [5.41, 5.74) is 1.75. The number of nitrogens with zero attached hydrogens (tertiary/aromatic N) is 3. The molecule has 0 bridgehead atoms. The van der Waals surface area contributed by atoms with E-state index >= 15 is 0 Å². The maximum absolute atomic E-state index is 12.8. The minimum Gasteiger partial charge on any atom is -0.494 e. The summed E-state index contributed by atoms with van der Waals surface area (Å²) in [5, 5.41) is 7.26. The van der Waals surface area contributed by atoms with E-state index in [0.29, 0.717) is 12.3 Å². The van der Waals surface area contributed by atoms with Crippen molar-refractivity contribution in [3.05, 3.63) is 41.7 Å². The number of methoxy groups -OCH3 is 1. The van der Waals surface area contributed by atoms with Gasteiger partial charge in [-0.2, -0.15) is 5.10 Å². The van der Waals surface area contributed by atoms with Crippen molar-refractivity contribution in [2.45, 2.75) is 40.2 Å². The molecule has 0 spiro atoms. The third-order valence-electron chi connectivity index (χ3n) is 3.91. The van der Waals surface area contributed by atoms with Crippen molar-refractivity contribution in [1.29, 1.82) is 0 Å². The van der Waals surface area contributed by atoms with E-state index in [1.54, 1.807) is 24.1 Å². The average Bonchev–Trinajstić information content (AvgIpc) is 3.07. The molecule has 7 nitrogen and oxygen atoms in total. The molecule has 0 radical (unpaired) electrons. The second kappa shape index (κ2) is 8.24. The molecule has 1 aromatic carbocycles. The number of aryl methyl sites for hydroxylation is 1. The van der Waals surface area contributed by atoms with E-state index in [-0.39, 0.29) is 29.6 Å². The van der Waals surface area contributed by atoms with Crippen LogP contribution in [-0.4, -0.2) is 52.2 Å². The summed E-state index contributed by atoms with van der Waals surface area (Å²) in [6, 6.07) is 7.40. The van der Waals surface area contributed by atoms with Crippen molar-refractivity contribution in [1.82, 2.24) is 20.0 Å². The molecule has 0 saturated carbocycles. The van der Waals surface area contributed by atoms with Crippen molar-refractivity contribution in [3.8, 4) is 11.4 Å². The Morgan fingerprint density at radius 3 is 2.56 bits per heavy atom. The van der Waals surface area contributed by atoms with Crippen LogP contribution in [0.3, 0.4) is 0 Å². The third kappa shape index (κ3) is 5.32. The molecule has 2 amide bonds. The summed E-state index contributed by atoms with van der Waals surface area (Å²) in [4.78, 5) is 26.4. The van der Waals surface area contributed by atoms with Crippen LogP contribution in [-0.2, 0) is 4.79 Å². The van der Waals surface area contributed by atoms with Gasteiger partial charge in [-0.05, 0) is 58.4 Å². The molecular formula is C20H28N4O3. The average molecular weight is 372 g/mol. The summed E-state index contributed by atoms with van der Waals surface area (Å²) >= 11 is 0. The molecule has 0 fully saturated rings. The highest BCUT2D eigenvalue weighted by atomic mass is 16.5. The number of hydrogen-bond donors (Lipinski definition) is 1. The fourth-order valence-corrected chi connectivity index (χ4v) is 2.67. The lowest BCUT2D eigenvalue weighted by molar-refractivity contribution is -0.123. The van der Waals surface area contributed by atoms with Crippen molar-refractivity contribution in [3.63, 3.8) is 0 Å². The first-order chi connectivity index (χ1) is 12.6. The topological polar surface area (TPSA) is 76.5 Å². The van der Waals surface area contributed by atoms with Gasteiger partial charge in [0.2, 0.25) is 5.91 Å². The lowest BCUT2D eigenvalue weighted by atomic mass is 10.1. The van der Waals surface area contributed by atoms with Gasteiger partial charge in [0.15, 0.2) is 5.69 Å². The van der Waals surface area contributed by atoms with Gasteiger partial charge in [-0.3, -0.25) is 9.59 Å². The summed E-state index contributed by atoms with van der Waals surface area (Å²) in [6.45, 7) is 9.93. The first-order valence-electron chi connectivity index (χ1n) is 8.95. The fourth-order valence-electron chi connectivity index (χ4n) is 2.67. The van der Waals surface area contributed by atoms with E-state index in [2.05, 4.69) is 10.4 Å². The van der Waals surface area contributed by atoms with Gasteiger partial charge >= 0.3 is 0 Å². The molecule has 1 heterocycles. The predicted octanol–water partition coefficient (Wildman–Crippen LogP) is 2.57. The Balaban J connectivity index is 2.20. The molecular weight excluding hydrogens is 344 g/mol. The number of rotatable bonds is 6. The molecule has 0 aliphatic rings. The molecule has 0 aliphatic heterocycles. The molecule has 2 aromatic rings. The minimum atomic E-state index is -0.344. The van der Waals surface area contributed by atoms with Crippen molar-refractivity contribution < 1.29 is 14.3 Å². The van der Waals surface area contributed by atoms with Crippen LogP contribution in [0.15, 0.2) is 30.5 Å². The SMILES string of the molecule is CCN(CC(=O)NC(C)(C)C)C(=O)c1ccn(-c2cc(C)ccc2OC)n1. The molecule has 0 unspecified atom stereocenters. The molecule has 1 aromatic heterocycles. The fraction of sp³-hybridized carbons (Fsp3) is 0.450. The van der Waals surface area contributed by atoms with Gasteiger partial charge in [0.25, 0.3) is 5.91 Å². The Morgan fingerprint density at radius 2 is 1.96 bits per heavy atom. The van der Waals surface area contributed by atoms with E-state index in [9.17, 15) is 9.59 Å². The van der Waals surface area contributed by atoms with Gasteiger partial charge < -0.3 is 15.0 Å². The summed E-state index contributed by atoms with van der Waals surface area (Å²) in [6.07, 6.45) is 1.72. The monoisotopic (exact) mass is 372 g/mol. The Hall–Kier alpha value is -2.83. The van der Waals surface area contributed by atoms with Crippen molar-refractivity contribution in [2.24, 2.45) is 0 Å². The normalized spacial score (nSPS) is 11.2. The molecule has 0 saturated heterocycles. The number of carbonyl (C=O) groups is 2. The van der Waals surface area contributed by atoms with E-state index in [0.717, 1.165) is 11.3 Å². The number of amides is 2. The van der Waals surface area contributed by atoms with Crippen molar-refractivity contribution >= 4 is 11.8 Å². The summed E-state index contributed by atoms with van der Waals surface area (Å²) < 4.78 is 7.00. The predicted molar refractivity (Wildman–Crippen MR) is 104 cm³/mol. The van der Waals surface area contributed by atoms with Crippen LogP contribution in [0.2, 0.25) is 0 Å². The van der Waals surface area contributed by atoms with Crippen LogP contribution in [0.5, 0.6) is 5.75 Å². The Labute approximate surface area is 160 Å². The maximum Gasteiger partial charge on any atom is 0.274 e. The molecule has 7 heteroatoms. The number of likely N-dealkylation sites (N-methyl/N-ethyl adjacent to an activating group) is 1. The van der Waals surface area contributed by atoms with E-state index < -0.39 is 0 Å². The number of aromatic nitrogens is 2. The second-order valence-electron chi connectivity index (χ2n) is 7.44. The maximum atomic E-state index is 12.8. The molecule has 146 valence electrons. The smallest absolute Gasteiger partial charge is 0.274 e. The van der Waals surface area contributed by atoms with Gasteiger partial charge in [0.1, 0.15) is 11.4 Å². The standard InChI is InChI=1S/C20H28N4O3/c1-7-23(13-18(25)21-20(3,4)5)19(26)15-10-11-24(22-15)16-12-14(2)8-9-17(16)27-6/h8-12H,7,13H2,1-6H3,(H,21,25). The quantitative estimate of drug-likeness (QED) is 0.845. The summed E-state index contributed by atoms with van der Waals surface area (Å²) in [5.74, 6) is 0.184. The zero-order chi connectivity index (χ0) is 20.2. The van der Waals surface area contributed by atoms with Crippen LogP contribution < -0.4 is 10.1 Å². The molecule has 0 aliphatic carbocycles. The number of hydrogen-bond acceptors (Lipinski definition) is 4. The highest BCUT2D eigenvalue weighted by molar-refractivity contribution is 5.95. The second-order valence-corrected chi connectivity index (χ2v) is 7.44. The minimum absolute atomic E-state index is 0.00672. The van der Waals surface area contributed by atoms with Gasteiger partial charge in [0.05, 0.1) is 13.7 Å². The largest absolute Gasteiger partial charge is 0.494 e. The highest BCUT2D eigenvalue weighted by Crippen LogP contribution is 2.23.